The van der Waals surface area contributed by atoms with Crippen LogP contribution in [-0.2, 0) is 0 Å². The van der Waals surface area contributed by atoms with E-state index in [0.29, 0.717) is 18.6 Å². The number of nitrogens with two attached hydrogens (primary N) is 1. The summed E-state index contributed by atoms with van der Waals surface area (Å²) in [6.07, 6.45) is 0. The predicted octanol–water partition coefficient (Wildman–Crippen LogP) is 3.08. The van der Waals surface area contributed by atoms with Gasteiger partial charge >= 0.3 is 0 Å². The lowest BCUT2D eigenvalue weighted by Gasteiger charge is -2.30. The van der Waals surface area contributed by atoms with Crippen LogP contribution in [0.15, 0.2) is 12.1 Å². The summed E-state index contributed by atoms with van der Waals surface area (Å²) in [5.41, 5.74) is 5.91. The Hall–Kier alpha value is -1.36. The average Bonchev–Trinajstić information content (AvgIpc) is 2.32. The molecule has 0 aliphatic rings. The summed E-state index contributed by atoms with van der Waals surface area (Å²) in [6, 6.07) is 3.20. The lowest BCUT2D eigenvalue weighted by molar-refractivity contribution is 0.182. The summed E-state index contributed by atoms with van der Waals surface area (Å²) in [5, 5.41) is 2.88. The molecule has 3 nitrogen and oxygen atoms in total. The Morgan fingerprint density at radius 1 is 1.16 bits per heavy atom. The highest BCUT2D eigenvalue weighted by Gasteiger charge is 2.14. The molecule has 0 amide bonds. The standard InChI is InChI=1S/C14H23F2N3/c1-9(2)19(10(3)4)8-7-18-14-12(17)6-5-11(15)13(14)16/h5-6,9-10,18H,7-8,17H2,1-4H3. The third-order valence-corrected chi connectivity index (χ3v) is 3.13. The van der Waals surface area contributed by atoms with Crippen molar-refractivity contribution in [2.75, 3.05) is 24.1 Å². The molecule has 0 spiro atoms. The molecule has 0 radical (unpaired) electrons. The van der Waals surface area contributed by atoms with Gasteiger partial charge in [-0.25, -0.2) is 8.78 Å². The van der Waals surface area contributed by atoms with Crippen molar-refractivity contribution in [3.63, 3.8) is 0 Å². The SMILES string of the molecule is CC(C)N(CCNc1c(N)ccc(F)c1F)C(C)C. The molecule has 0 aliphatic carbocycles. The van der Waals surface area contributed by atoms with Crippen LogP contribution < -0.4 is 11.1 Å². The van der Waals surface area contributed by atoms with E-state index in [1.807, 2.05) is 0 Å². The van der Waals surface area contributed by atoms with Crippen molar-refractivity contribution in [3.05, 3.63) is 23.8 Å². The molecule has 0 atom stereocenters. The number of halogens is 2. The highest BCUT2D eigenvalue weighted by atomic mass is 19.2. The molecule has 0 bridgehead atoms. The molecule has 0 fully saturated rings. The predicted molar refractivity (Wildman–Crippen MR) is 76.2 cm³/mol. The number of rotatable bonds is 6. The van der Waals surface area contributed by atoms with Gasteiger partial charge < -0.3 is 11.1 Å². The molecule has 108 valence electrons. The minimum atomic E-state index is -0.916. The number of nitrogen functional groups attached to an aromatic ring is 1. The molecule has 0 saturated carbocycles. The van der Waals surface area contributed by atoms with E-state index in [0.717, 1.165) is 12.6 Å². The van der Waals surface area contributed by atoms with Crippen molar-refractivity contribution in [3.8, 4) is 0 Å². The summed E-state index contributed by atoms with van der Waals surface area (Å²) < 4.78 is 26.7. The monoisotopic (exact) mass is 271 g/mol. The molecule has 3 N–H and O–H groups in total. The van der Waals surface area contributed by atoms with Gasteiger partial charge in [-0.1, -0.05) is 0 Å². The Morgan fingerprint density at radius 3 is 2.26 bits per heavy atom. The summed E-state index contributed by atoms with van der Waals surface area (Å²) in [7, 11) is 0. The third kappa shape index (κ3) is 4.06. The lowest BCUT2D eigenvalue weighted by atomic mass is 10.2. The molecule has 1 aromatic carbocycles. The number of nitrogens with zero attached hydrogens (tertiary/aromatic N) is 1. The highest BCUT2D eigenvalue weighted by molar-refractivity contribution is 5.66. The molecule has 1 aromatic rings. The van der Waals surface area contributed by atoms with E-state index in [1.54, 1.807) is 0 Å². The van der Waals surface area contributed by atoms with Crippen LogP contribution >= 0.6 is 0 Å². The van der Waals surface area contributed by atoms with Gasteiger partial charge in [-0.2, -0.15) is 0 Å². The van der Waals surface area contributed by atoms with Gasteiger partial charge in [0.15, 0.2) is 11.6 Å². The second-order valence-corrected chi connectivity index (χ2v) is 5.18. The topological polar surface area (TPSA) is 41.3 Å². The Bertz CT molecular complexity index is 411. The Morgan fingerprint density at radius 2 is 1.74 bits per heavy atom. The van der Waals surface area contributed by atoms with Crippen LogP contribution in [0.4, 0.5) is 20.2 Å². The first-order chi connectivity index (χ1) is 8.84. The van der Waals surface area contributed by atoms with E-state index in [1.165, 1.54) is 6.07 Å². The quantitative estimate of drug-likeness (QED) is 0.781. The minimum Gasteiger partial charge on any atom is -0.397 e. The molecular weight excluding hydrogens is 248 g/mol. The molecule has 19 heavy (non-hydrogen) atoms. The third-order valence-electron chi connectivity index (χ3n) is 3.13. The van der Waals surface area contributed by atoms with E-state index in [-0.39, 0.29) is 11.4 Å². The molecule has 0 aliphatic heterocycles. The van der Waals surface area contributed by atoms with Crippen LogP contribution in [0.2, 0.25) is 0 Å². The van der Waals surface area contributed by atoms with Crippen LogP contribution in [0.5, 0.6) is 0 Å². The van der Waals surface area contributed by atoms with Gasteiger partial charge in [0.1, 0.15) is 0 Å². The number of nitrogens with one attached hydrogen (secondary N) is 1. The highest BCUT2D eigenvalue weighted by Crippen LogP contribution is 2.24. The van der Waals surface area contributed by atoms with Gasteiger partial charge in [0, 0.05) is 25.2 Å². The van der Waals surface area contributed by atoms with Crippen LogP contribution in [0.3, 0.4) is 0 Å². The largest absolute Gasteiger partial charge is 0.397 e. The number of benzene rings is 1. The maximum atomic E-state index is 13.6. The summed E-state index contributed by atoms with van der Waals surface area (Å²) >= 11 is 0. The van der Waals surface area contributed by atoms with Gasteiger partial charge in [0.05, 0.1) is 11.4 Å². The van der Waals surface area contributed by atoms with Crippen LogP contribution in [0.1, 0.15) is 27.7 Å². The smallest absolute Gasteiger partial charge is 0.183 e. The Kier molecular flexibility index (Phi) is 5.54. The normalized spacial score (nSPS) is 11.6. The molecule has 0 heterocycles. The van der Waals surface area contributed by atoms with Crippen molar-refractivity contribution in [1.82, 2.24) is 4.90 Å². The fourth-order valence-electron chi connectivity index (χ4n) is 2.17. The molecule has 1 rings (SSSR count). The zero-order chi connectivity index (χ0) is 14.6. The average molecular weight is 271 g/mol. The fraction of sp³-hybridized carbons (Fsp3) is 0.571. The first-order valence-electron chi connectivity index (χ1n) is 6.57. The van der Waals surface area contributed by atoms with Gasteiger partial charge in [0.2, 0.25) is 0 Å². The van der Waals surface area contributed by atoms with Crippen molar-refractivity contribution < 1.29 is 8.78 Å². The summed E-state index contributed by atoms with van der Waals surface area (Å²) in [4.78, 5) is 2.26. The van der Waals surface area contributed by atoms with Crippen LogP contribution in [-0.4, -0.2) is 30.1 Å². The molecular formula is C14H23F2N3. The Balaban J connectivity index is 2.65. The second kappa shape index (κ2) is 6.70. The van der Waals surface area contributed by atoms with E-state index >= 15 is 0 Å². The first kappa shape index (κ1) is 15.7. The van der Waals surface area contributed by atoms with Gasteiger partial charge in [-0.05, 0) is 39.8 Å². The minimum absolute atomic E-state index is 0.0486. The van der Waals surface area contributed by atoms with E-state index in [2.05, 4.69) is 37.9 Å². The number of hydrogen-bond donors (Lipinski definition) is 2. The van der Waals surface area contributed by atoms with Crippen LogP contribution in [0, 0.1) is 11.6 Å². The maximum absolute atomic E-state index is 13.6. The second-order valence-electron chi connectivity index (χ2n) is 5.18. The molecule has 5 heteroatoms. The Labute approximate surface area is 113 Å². The molecule has 0 aromatic heterocycles. The van der Waals surface area contributed by atoms with E-state index in [9.17, 15) is 8.78 Å². The fourth-order valence-corrected chi connectivity index (χ4v) is 2.17. The first-order valence-corrected chi connectivity index (χ1v) is 6.57. The number of hydrogen-bond acceptors (Lipinski definition) is 3. The van der Waals surface area contributed by atoms with Crippen molar-refractivity contribution >= 4 is 11.4 Å². The van der Waals surface area contributed by atoms with E-state index in [4.69, 9.17) is 5.73 Å². The zero-order valence-corrected chi connectivity index (χ0v) is 12.0. The molecule has 0 saturated heterocycles. The van der Waals surface area contributed by atoms with Gasteiger partial charge in [-0.3, -0.25) is 4.90 Å². The van der Waals surface area contributed by atoms with Crippen molar-refractivity contribution in [1.29, 1.82) is 0 Å². The van der Waals surface area contributed by atoms with Gasteiger partial charge in [-0.15, -0.1) is 0 Å². The van der Waals surface area contributed by atoms with Crippen molar-refractivity contribution in [2.45, 2.75) is 39.8 Å². The number of anilines is 2. The van der Waals surface area contributed by atoms with E-state index < -0.39 is 11.6 Å². The summed E-state index contributed by atoms with van der Waals surface area (Å²) in [5.74, 6) is -1.80. The summed E-state index contributed by atoms with van der Waals surface area (Å²) in [6.45, 7) is 9.69. The van der Waals surface area contributed by atoms with Gasteiger partial charge in [0.25, 0.3) is 0 Å². The van der Waals surface area contributed by atoms with Crippen LogP contribution in [0.25, 0.3) is 0 Å². The lowest BCUT2D eigenvalue weighted by Crippen LogP contribution is -2.40. The maximum Gasteiger partial charge on any atom is 0.183 e. The zero-order valence-electron chi connectivity index (χ0n) is 12.0. The van der Waals surface area contributed by atoms with Crippen molar-refractivity contribution in [2.24, 2.45) is 0 Å². The molecule has 0 unspecified atom stereocenters.